The van der Waals surface area contributed by atoms with E-state index in [-0.39, 0.29) is 0 Å². The zero-order valence-electron chi connectivity index (χ0n) is 16.8. The lowest BCUT2D eigenvalue weighted by molar-refractivity contribution is 0.415. The van der Waals surface area contributed by atoms with Crippen molar-refractivity contribution in [3.8, 4) is 28.0 Å². The summed E-state index contributed by atoms with van der Waals surface area (Å²) in [4.78, 5) is 31.4. The molecule has 146 valence electrons. The van der Waals surface area contributed by atoms with Gasteiger partial charge in [0, 0.05) is 56.5 Å². The lowest BCUT2D eigenvalue weighted by Crippen LogP contribution is -2.34. The average molecular weight is 386 g/mol. The van der Waals surface area contributed by atoms with Gasteiger partial charge in [0.2, 0.25) is 10.9 Å². The summed E-state index contributed by atoms with van der Waals surface area (Å²) in [6, 6.07) is 11.7. The van der Waals surface area contributed by atoms with Gasteiger partial charge < -0.3 is 14.7 Å². The van der Waals surface area contributed by atoms with Crippen molar-refractivity contribution in [3.05, 3.63) is 74.8 Å². The minimum Gasteiger partial charge on any atom is -0.497 e. The second-order valence-electron chi connectivity index (χ2n) is 6.77. The number of hydrogen-bond acceptors (Lipinski definition) is 3. The summed E-state index contributed by atoms with van der Waals surface area (Å²) in [6.45, 7) is 6.01. The summed E-state index contributed by atoms with van der Waals surface area (Å²) in [6.07, 6.45) is 3.59. The third-order valence-corrected chi connectivity index (χ3v) is 5.18. The number of benzene rings is 2. The molecule has 0 aliphatic carbocycles. The van der Waals surface area contributed by atoms with Crippen LogP contribution in [0.1, 0.15) is 19.4 Å². The van der Waals surface area contributed by atoms with E-state index in [2.05, 4.69) is 9.97 Å². The largest absolute Gasteiger partial charge is 0.497 e. The molecule has 0 bridgehead atoms. The van der Waals surface area contributed by atoms with Crippen LogP contribution in [0.5, 0.6) is 5.75 Å². The normalized spacial score (nSPS) is 11.0. The molecule has 0 unspecified atom stereocenters. The van der Waals surface area contributed by atoms with Crippen molar-refractivity contribution in [3.63, 3.8) is 0 Å². The Kier molecular flexibility index (Phi) is 4.59. The van der Waals surface area contributed by atoms with Gasteiger partial charge in [-0.1, -0.05) is 25.5 Å². The van der Waals surface area contributed by atoms with Crippen LogP contribution in [0.25, 0.3) is 44.1 Å². The maximum Gasteiger partial charge on any atom is 0.235 e. The molecule has 5 aromatic rings. The van der Waals surface area contributed by atoms with Crippen molar-refractivity contribution < 1.29 is 4.74 Å². The predicted molar refractivity (Wildman–Crippen MR) is 119 cm³/mol. The van der Waals surface area contributed by atoms with Gasteiger partial charge in [-0.15, -0.1) is 0 Å². The lowest BCUT2D eigenvalue weighted by atomic mass is 9.89. The van der Waals surface area contributed by atoms with Crippen molar-refractivity contribution in [1.82, 2.24) is 9.97 Å². The number of methoxy groups -OCH3 is 1. The molecule has 0 atom stereocenters. The number of aryl methyl sites for hydroxylation is 1. The Balaban J connectivity index is 0.000000994. The molecule has 0 saturated heterocycles. The first-order valence-electron chi connectivity index (χ1n) is 9.65. The number of fused-ring (bicyclic) bond motifs is 2. The van der Waals surface area contributed by atoms with Crippen LogP contribution in [0.3, 0.4) is 0 Å². The summed E-state index contributed by atoms with van der Waals surface area (Å²) in [5, 5.41) is 1.81. The number of nitrogens with one attached hydrogen (secondary N) is 2. The van der Waals surface area contributed by atoms with Crippen LogP contribution in [-0.4, -0.2) is 17.1 Å². The van der Waals surface area contributed by atoms with Crippen LogP contribution >= 0.6 is 0 Å². The molecule has 0 radical (unpaired) electrons. The van der Waals surface area contributed by atoms with Crippen LogP contribution in [-0.2, 0) is 0 Å². The van der Waals surface area contributed by atoms with Gasteiger partial charge in [0.15, 0.2) is 0 Å². The number of rotatable bonds is 3. The molecule has 0 amide bonds. The Morgan fingerprint density at radius 3 is 1.83 bits per heavy atom. The van der Waals surface area contributed by atoms with E-state index in [1.165, 1.54) is 0 Å². The molecule has 2 aromatic heterocycles. The van der Waals surface area contributed by atoms with Crippen molar-refractivity contribution in [1.29, 1.82) is 0 Å². The Morgan fingerprint density at radius 1 is 0.759 bits per heavy atom. The summed E-state index contributed by atoms with van der Waals surface area (Å²) in [5.41, 5.74) is 4.47. The van der Waals surface area contributed by atoms with Gasteiger partial charge in [-0.05, 0) is 37.3 Å². The molecule has 0 fully saturated rings. The molecule has 0 spiro atoms. The first-order valence-corrected chi connectivity index (χ1v) is 9.65. The van der Waals surface area contributed by atoms with Crippen LogP contribution in [0.15, 0.2) is 58.4 Å². The average Bonchev–Trinajstić information content (AvgIpc) is 3.35. The molecule has 2 N–H and O–H groups in total. The molecule has 0 saturated carbocycles. The molecule has 0 aliphatic rings. The van der Waals surface area contributed by atoms with Gasteiger partial charge in [0.1, 0.15) is 5.75 Å². The van der Waals surface area contributed by atoms with Crippen molar-refractivity contribution >= 4 is 21.8 Å². The molecule has 0 aliphatic heterocycles. The summed E-state index contributed by atoms with van der Waals surface area (Å²) >= 11 is 0. The van der Waals surface area contributed by atoms with E-state index in [9.17, 15) is 9.59 Å². The highest BCUT2D eigenvalue weighted by molar-refractivity contribution is 6.06. The smallest absolute Gasteiger partial charge is 0.235 e. The lowest BCUT2D eigenvalue weighted by Gasteiger charge is -2.10. The zero-order valence-corrected chi connectivity index (χ0v) is 16.8. The summed E-state index contributed by atoms with van der Waals surface area (Å²) < 4.78 is 5.31. The van der Waals surface area contributed by atoms with Gasteiger partial charge in [-0.25, -0.2) is 0 Å². The standard InChI is InChI=1S/C22H16N2O3.C2H6/c1-11-3-5-17-13(7-11)15(9-23-17)19-20(22(26)21(19)25)16-10-24-18-6-4-12(27-2)8-14(16)18;1-2/h3-10,23-24H,1-2H3;1-2H3. The first-order chi connectivity index (χ1) is 14.1. The quantitative estimate of drug-likeness (QED) is 0.432. The van der Waals surface area contributed by atoms with E-state index < -0.39 is 10.9 Å². The van der Waals surface area contributed by atoms with Crippen molar-refractivity contribution in [2.45, 2.75) is 20.8 Å². The Morgan fingerprint density at radius 2 is 1.28 bits per heavy atom. The molecule has 5 nitrogen and oxygen atoms in total. The van der Waals surface area contributed by atoms with E-state index in [1.807, 2.05) is 57.2 Å². The fraction of sp³-hybridized carbons (Fsp3) is 0.167. The summed E-state index contributed by atoms with van der Waals surface area (Å²) in [5.74, 6) is 0.700. The van der Waals surface area contributed by atoms with E-state index in [4.69, 9.17) is 4.74 Å². The van der Waals surface area contributed by atoms with Gasteiger partial charge >= 0.3 is 0 Å². The number of hydrogen-bond donors (Lipinski definition) is 2. The fourth-order valence-electron chi connectivity index (χ4n) is 3.78. The fourth-order valence-corrected chi connectivity index (χ4v) is 3.78. The monoisotopic (exact) mass is 386 g/mol. The molecular formula is C24H22N2O3. The van der Waals surface area contributed by atoms with Crippen LogP contribution in [0.2, 0.25) is 0 Å². The third kappa shape index (κ3) is 2.78. The van der Waals surface area contributed by atoms with Crippen LogP contribution in [0.4, 0.5) is 0 Å². The number of ether oxygens (including phenoxy) is 1. The van der Waals surface area contributed by atoms with Crippen LogP contribution in [0, 0.1) is 6.92 Å². The van der Waals surface area contributed by atoms with Gasteiger partial charge in [0.25, 0.3) is 0 Å². The van der Waals surface area contributed by atoms with Crippen molar-refractivity contribution in [2.75, 3.05) is 7.11 Å². The molecular weight excluding hydrogens is 364 g/mol. The molecule has 3 aromatic carbocycles. The number of aromatic amines is 2. The Hall–Kier alpha value is -3.60. The number of aromatic nitrogens is 2. The topological polar surface area (TPSA) is 75.0 Å². The first kappa shape index (κ1) is 18.7. The predicted octanol–water partition coefficient (Wildman–Crippen LogP) is 4.92. The van der Waals surface area contributed by atoms with E-state index >= 15 is 0 Å². The number of H-pyrrole nitrogens is 2. The second kappa shape index (κ2) is 7.09. The van der Waals surface area contributed by atoms with Crippen LogP contribution < -0.4 is 15.6 Å². The second-order valence-corrected chi connectivity index (χ2v) is 6.77. The minimum absolute atomic E-state index is 0.440. The maximum atomic E-state index is 12.5. The highest BCUT2D eigenvalue weighted by atomic mass is 16.5. The van der Waals surface area contributed by atoms with Crippen molar-refractivity contribution in [2.24, 2.45) is 0 Å². The van der Waals surface area contributed by atoms with E-state index in [1.54, 1.807) is 19.5 Å². The third-order valence-electron chi connectivity index (χ3n) is 5.18. The molecule has 5 rings (SSSR count). The van der Waals surface area contributed by atoms with Gasteiger partial charge in [-0.3, -0.25) is 9.59 Å². The Bertz CT molecular complexity index is 1410. The molecule has 5 heteroatoms. The molecule has 29 heavy (non-hydrogen) atoms. The summed E-state index contributed by atoms with van der Waals surface area (Å²) in [7, 11) is 1.60. The SMILES string of the molecule is CC.COc1ccc2[nH]cc(-c3c(-c4c[nH]c5ccc(C)cc45)c(=O)c3=O)c2c1. The highest BCUT2D eigenvalue weighted by Gasteiger charge is 2.27. The van der Waals surface area contributed by atoms with Gasteiger partial charge in [-0.2, -0.15) is 0 Å². The maximum absolute atomic E-state index is 12.5. The van der Waals surface area contributed by atoms with E-state index in [0.29, 0.717) is 16.9 Å². The zero-order chi connectivity index (χ0) is 20.7. The highest BCUT2D eigenvalue weighted by Crippen LogP contribution is 2.37. The van der Waals surface area contributed by atoms with Gasteiger partial charge in [0.05, 0.1) is 7.11 Å². The molecule has 2 heterocycles. The minimum atomic E-state index is -0.448. The van der Waals surface area contributed by atoms with E-state index in [0.717, 1.165) is 38.5 Å². The Labute approximate surface area is 167 Å².